The predicted octanol–water partition coefficient (Wildman–Crippen LogP) is 3.15. The lowest BCUT2D eigenvalue weighted by Gasteiger charge is -2.42. The summed E-state index contributed by atoms with van der Waals surface area (Å²) >= 11 is 6.31. The van der Waals surface area contributed by atoms with Gasteiger partial charge < -0.3 is 25.6 Å². The number of methoxy groups -OCH3 is 1. The van der Waals surface area contributed by atoms with E-state index in [4.69, 9.17) is 22.1 Å². The largest absolute Gasteiger partial charge is 0.495 e. The van der Waals surface area contributed by atoms with Crippen LogP contribution in [0.25, 0.3) is 0 Å². The number of rotatable bonds is 8. The lowest BCUT2D eigenvalue weighted by atomic mass is 10.0. The molecular formula is C25H36ClN7O2. The van der Waals surface area contributed by atoms with E-state index in [9.17, 15) is 4.79 Å². The Labute approximate surface area is 212 Å². The average Bonchev–Trinajstić information content (AvgIpc) is 2.86. The van der Waals surface area contributed by atoms with E-state index in [1.54, 1.807) is 7.11 Å². The summed E-state index contributed by atoms with van der Waals surface area (Å²) in [5.74, 6) is 0.348. The summed E-state index contributed by atoms with van der Waals surface area (Å²) < 4.78 is 5.73. The van der Waals surface area contributed by atoms with Gasteiger partial charge in [-0.15, -0.1) is 0 Å². The molecule has 0 unspecified atom stereocenters. The number of hydrogen-bond donors (Lipinski definition) is 2. The second kappa shape index (κ2) is 11.4. The molecule has 10 heteroatoms. The number of aryl methyl sites for hydroxylation is 1. The number of piperazine rings is 1. The molecule has 2 aliphatic heterocycles. The van der Waals surface area contributed by atoms with Gasteiger partial charge in [0.2, 0.25) is 0 Å². The third kappa shape index (κ3) is 5.97. The number of benzene rings is 1. The molecule has 2 aliphatic rings. The zero-order chi connectivity index (χ0) is 24.9. The van der Waals surface area contributed by atoms with Crippen molar-refractivity contribution >= 4 is 34.7 Å². The molecule has 35 heavy (non-hydrogen) atoms. The molecule has 0 aliphatic carbocycles. The third-order valence-corrected chi connectivity index (χ3v) is 7.24. The lowest BCUT2D eigenvalue weighted by molar-refractivity contribution is 0.0981. The number of nitrogens with zero attached hydrogens (tertiary/aromatic N) is 5. The molecule has 1 amide bonds. The smallest absolute Gasteiger partial charge is 0.271 e. The maximum Gasteiger partial charge on any atom is 0.271 e. The Morgan fingerprint density at radius 3 is 2.51 bits per heavy atom. The van der Waals surface area contributed by atoms with Gasteiger partial charge in [-0.25, -0.2) is 9.97 Å². The first-order valence-corrected chi connectivity index (χ1v) is 12.8. The van der Waals surface area contributed by atoms with Gasteiger partial charge in [0.05, 0.1) is 18.5 Å². The fraction of sp³-hybridized carbons (Fsp3) is 0.560. The van der Waals surface area contributed by atoms with Gasteiger partial charge in [0.1, 0.15) is 5.75 Å². The molecule has 190 valence electrons. The Bertz CT molecular complexity index is 1030. The van der Waals surface area contributed by atoms with Gasteiger partial charge in [0.25, 0.3) is 5.91 Å². The maximum atomic E-state index is 12.0. The number of anilines is 3. The molecule has 2 fully saturated rings. The van der Waals surface area contributed by atoms with Gasteiger partial charge in [-0.1, -0.05) is 24.9 Å². The third-order valence-electron chi connectivity index (χ3n) is 6.94. The molecule has 0 saturated carbocycles. The van der Waals surface area contributed by atoms with E-state index in [0.29, 0.717) is 23.8 Å². The van der Waals surface area contributed by atoms with Gasteiger partial charge in [-0.05, 0) is 38.4 Å². The van der Waals surface area contributed by atoms with Crippen LogP contribution < -0.4 is 20.7 Å². The first kappa shape index (κ1) is 25.5. The van der Waals surface area contributed by atoms with Crippen LogP contribution in [0.4, 0.5) is 17.2 Å². The van der Waals surface area contributed by atoms with Crippen molar-refractivity contribution < 1.29 is 9.53 Å². The van der Waals surface area contributed by atoms with Gasteiger partial charge in [0, 0.05) is 57.1 Å². The lowest BCUT2D eigenvalue weighted by Crippen LogP contribution is -2.52. The zero-order valence-electron chi connectivity index (χ0n) is 20.9. The number of carbonyl (C=O) groups is 1. The van der Waals surface area contributed by atoms with Crippen LogP contribution in [0.15, 0.2) is 18.2 Å². The van der Waals surface area contributed by atoms with Gasteiger partial charge in [0.15, 0.2) is 16.7 Å². The fourth-order valence-electron chi connectivity index (χ4n) is 4.92. The topological polar surface area (TPSA) is 99.8 Å². The molecule has 1 aromatic heterocycles. The predicted molar refractivity (Wildman–Crippen MR) is 140 cm³/mol. The molecule has 3 heterocycles. The summed E-state index contributed by atoms with van der Waals surface area (Å²) in [5, 5.41) is 3.42. The SMILES string of the molecule is CCCc1nc(C(N)=O)c(Nc2ccc(N3CCC(N4CCN(C)CC4)CC3)c(OC)c2)nc1Cl. The molecule has 2 aromatic rings. The number of nitrogens with one attached hydrogen (secondary N) is 1. The molecule has 4 rings (SSSR count). The summed E-state index contributed by atoms with van der Waals surface area (Å²) in [6.07, 6.45) is 3.76. The van der Waals surface area contributed by atoms with Crippen LogP contribution in [-0.2, 0) is 6.42 Å². The quantitative estimate of drug-likeness (QED) is 0.569. The Morgan fingerprint density at radius 1 is 1.17 bits per heavy atom. The number of aromatic nitrogens is 2. The first-order chi connectivity index (χ1) is 16.9. The minimum atomic E-state index is -0.652. The van der Waals surface area contributed by atoms with Crippen LogP contribution in [0.5, 0.6) is 5.75 Å². The molecule has 2 saturated heterocycles. The number of halogens is 1. The van der Waals surface area contributed by atoms with E-state index in [2.05, 4.69) is 37.0 Å². The second-order valence-electron chi connectivity index (χ2n) is 9.34. The number of ether oxygens (including phenoxy) is 1. The summed E-state index contributed by atoms with van der Waals surface area (Å²) in [7, 11) is 3.87. The molecule has 0 radical (unpaired) electrons. The number of carbonyl (C=O) groups excluding carboxylic acids is 1. The van der Waals surface area contributed by atoms with E-state index in [1.165, 1.54) is 0 Å². The van der Waals surface area contributed by atoms with Crippen LogP contribution in [0.3, 0.4) is 0 Å². The van der Waals surface area contributed by atoms with Crippen LogP contribution >= 0.6 is 11.6 Å². The molecule has 0 bridgehead atoms. The highest BCUT2D eigenvalue weighted by Gasteiger charge is 2.28. The van der Waals surface area contributed by atoms with Gasteiger partial charge in [-0.2, -0.15) is 0 Å². The maximum absolute atomic E-state index is 12.0. The van der Waals surface area contributed by atoms with E-state index >= 15 is 0 Å². The highest BCUT2D eigenvalue weighted by Crippen LogP contribution is 2.35. The summed E-state index contributed by atoms with van der Waals surface area (Å²) in [6.45, 7) is 8.61. The van der Waals surface area contributed by atoms with Crippen molar-refractivity contribution in [1.82, 2.24) is 19.8 Å². The molecule has 1 aromatic carbocycles. The Balaban J connectivity index is 1.47. The van der Waals surface area contributed by atoms with E-state index in [0.717, 1.165) is 70.0 Å². The minimum absolute atomic E-state index is 0.0758. The second-order valence-corrected chi connectivity index (χ2v) is 9.70. The molecular weight excluding hydrogens is 466 g/mol. The normalized spacial score (nSPS) is 18.0. The standard InChI is InChI=1S/C25H36ClN7O2/c1-4-5-19-23(26)30-25(22(29-19)24(27)34)28-17-6-7-20(21(16-17)35-3)33-10-8-18(9-11-33)32-14-12-31(2)13-15-32/h6-7,16,18H,4-5,8-15H2,1-3H3,(H2,27,34)(H,28,30). The van der Waals surface area contributed by atoms with E-state index in [-0.39, 0.29) is 16.7 Å². The summed E-state index contributed by atoms with van der Waals surface area (Å²) in [6, 6.07) is 6.55. The molecule has 0 spiro atoms. The Kier molecular flexibility index (Phi) is 8.30. The van der Waals surface area contributed by atoms with Crippen LogP contribution in [-0.4, -0.2) is 85.1 Å². The number of nitrogens with two attached hydrogens (primary N) is 1. The van der Waals surface area contributed by atoms with E-state index < -0.39 is 5.91 Å². The monoisotopic (exact) mass is 501 g/mol. The first-order valence-electron chi connectivity index (χ1n) is 12.4. The van der Waals surface area contributed by atoms with Crippen molar-refractivity contribution in [3.8, 4) is 5.75 Å². The zero-order valence-corrected chi connectivity index (χ0v) is 21.6. The Morgan fingerprint density at radius 2 is 1.89 bits per heavy atom. The van der Waals surface area contributed by atoms with Crippen molar-refractivity contribution in [3.63, 3.8) is 0 Å². The van der Waals surface area contributed by atoms with Crippen molar-refractivity contribution in [2.45, 2.75) is 38.6 Å². The average molecular weight is 502 g/mol. The number of piperidine rings is 1. The summed E-state index contributed by atoms with van der Waals surface area (Å²) in [4.78, 5) is 28.2. The number of likely N-dealkylation sites (N-methyl/N-ethyl adjacent to an activating group) is 1. The molecule has 0 atom stereocenters. The van der Waals surface area contributed by atoms with Crippen LogP contribution in [0.1, 0.15) is 42.4 Å². The van der Waals surface area contributed by atoms with Crippen molar-refractivity contribution in [3.05, 3.63) is 34.7 Å². The Hall–Kier alpha value is -2.62. The van der Waals surface area contributed by atoms with Crippen molar-refractivity contribution in [2.75, 3.05) is 63.6 Å². The van der Waals surface area contributed by atoms with Crippen LogP contribution in [0.2, 0.25) is 5.15 Å². The molecule has 3 N–H and O–H groups in total. The van der Waals surface area contributed by atoms with Gasteiger partial charge in [-0.3, -0.25) is 9.69 Å². The summed E-state index contributed by atoms with van der Waals surface area (Å²) in [5.41, 5.74) is 8.00. The number of hydrogen-bond acceptors (Lipinski definition) is 8. The van der Waals surface area contributed by atoms with Gasteiger partial charge >= 0.3 is 0 Å². The van der Waals surface area contributed by atoms with Crippen molar-refractivity contribution in [2.24, 2.45) is 5.73 Å². The highest BCUT2D eigenvalue weighted by atomic mass is 35.5. The minimum Gasteiger partial charge on any atom is -0.495 e. The fourth-order valence-corrected chi connectivity index (χ4v) is 5.14. The van der Waals surface area contributed by atoms with E-state index in [1.807, 2.05) is 25.1 Å². The molecule has 9 nitrogen and oxygen atoms in total. The van der Waals surface area contributed by atoms with Crippen molar-refractivity contribution in [1.29, 1.82) is 0 Å². The number of amides is 1. The van der Waals surface area contributed by atoms with Crippen LogP contribution in [0, 0.1) is 0 Å². The number of primary amides is 1. The highest BCUT2D eigenvalue weighted by molar-refractivity contribution is 6.30.